The average Bonchev–Trinajstić information content (AvgIpc) is 2.89. The quantitative estimate of drug-likeness (QED) is 0.471. The lowest BCUT2D eigenvalue weighted by molar-refractivity contribution is -0.141. The van der Waals surface area contributed by atoms with Gasteiger partial charge in [0.05, 0.1) is 30.6 Å². The third-order valence-electron chi connectivity index (χ3n) is 5.28. The molecular weight excluding hydrogens is 477 g/mol. The molecule has 3 aromatic rings. The van der Waals surface area contributed by atoms with Crippen molar-refractivity contribution in [1.82, 2.24) is 15.3 Å². The molecule has 2 aromatic carbocycles. The van der Waals surface area contributed by atoms with E-state index in [2.05, 4.69) is 20.6 Å². The predicted octanol–water partition coefficient (Wildman–Crippen LogP) is 4.50. The first-order valence-electron chi connectivity index (χ1n) is 11.1. The molecule has 8 nitrogen and oxygen atoms in total. The Morgan fingerprint density at radius 1 is 1.00 bits per heavy atom. The zero-order valence-corrected chi connectivity index (χ0v) is 19.4. The first kappa shape index (κ1) is 26.6. The van der Waals surface area contributed by atoms with Crippen molar-refractivity contribution >= 4 is 17.7 Å². The van der Waals surface area contributed by atoms with Gasteiger partial charge in [-0.15, -0.1) is 0 Å². The minimum absolute atomic E-state index is 0.00142. The molecule has 11 heteroatoms. The van der Waals surface area contributed by atoms with Crippen molar-refractivity contribution in [1.29, 1.82) is 0 Å². The van der Waals surface area contributed by atoms with E-state index >= 15 is 0 Å². The van der Waals surface area contributed by atoms with Crippen LogP contribution in [-0.4, -0.2) is 53.3 Å². The van der Waals surface area contributed by atoms with Crippen molar-refractivity contribution < 1.29 is 32.6 Å². The second-order valence-corrected chi connectivity index (χ2v) is 7.88. The van der Waals surface area contributed by atoms with Crippen LogP contribution in [0.15, 0.2) is 60.9 Å². The number of hydrogen-bond donors (Lipinski definition) is 3. The van der Waals surface area contributed by atoms with E-state index in [0.29, 0.717) is 25.0 Å². The van der Waals surface area contributed by atoms with Gasteiger partial charge in [-0.2, -0.15) is 13.2 Å². The maximum atomic E-state index is 12.4. The number of carboxylic acid groups (broad SMARTS) is 1. The minimum atomic E-state index is -4.46. The maximum Gasteiger partial charge on any atom is 0.434 e. The molecule has 1 aliphatic heterocycles. The van der Waals surface area contributed by atoms with E-state index in [1.165, 1.54) is 6.20 Å². The number of alkyl halides is 3. The zero-order chi connectivity index (χ0) is 26.1. The molecule has 1 fully saturated rings. The number of amides is 1. The summed E-state index contributed by atoms with van der Waals surface area (Å²) in [4.78, 5) is 29.2. The third kappa shape index (κ3) is 7.51. The Morgan fingerprint density at radius 3 is 2.11 bits per heavy atom. The number of carbonyl (C=O) groups excluding carboxylic acids is 1. The van der Waals surface area contributed by atoms with E-state index in [1.54, 1.807) is 43.4 Å². The first-order valence-corrected chi connectivity index (χ1v) is 11.1. The van der Waals surface area contributed by atoms with Gasteiger partial charge in [0, 0.05) is 19.2 Å². The molecule has 2 heterocycles. The van der Waals surface area contributed by atoms with Crippen molar-refractivity contribution in [2.24, 2.45) is 0 Å². The Hall–Kier alpha value is -3.99. The number of aromatic carboxylic acids is 1. The van der Waals surface area contributed by atoms with E-state index in [4.69, 9.17) is 9.84 Å². The van der Waals surface area contributed by atoms with Crippen LogP contribution >= 0.6 is 0 Å². The number of carbonyl (C=O) groups is 2. The molecule has 0 bridgehead atoms. The Kier molecular flexibility index (Phi) is 8.96. The molecule has 0 radical (unpaired) electrons. The number of aromatic nitrogens is 2. The van der Waals surface area contributed by atoms with Crippen LogP contribution in [0.5, 0.6) is 0 Å². The molecule has 1 aliphatic rings. The Balaban J connectivity index is 0.000000202. The molecule has 1 unspecified atom stereocenters. The minimum Gasteiger partial charge on any atom is -0.478 e. The van der Waals surface area contributed by atoms with Crippen LogP contribution in [-0.2, 0) is 10.9 Å². The fourth-order valence-corrected chi connectivity index (χ4v) is 3.40. The number of ether oxygens (including phenoxy) is 1. The molecule has 1 amide bonds. The molecule has 1 saturated heterocycles. The summed E-state index contributed by atoms with van der Waals surface area (Å²) < 4.78 is 42.4. The summed E-state index contributed by atoms with van der Waals surface area (Å²) in [5, 5.41) is 14.3. The van der Waals surface area contributed by atoms with Gasteiger partial charge >= 0.3 is 12.1 Å². The van der Waals surface area contributed by atoms with Gasteiger partial charge in [-0.05, 0) is 48.2 Å². The Labute approximate surface area is 205 Å². The van der Waals surface area contributed by atoms with E-state index < -0.39 is 17.8 Å². The summed E-state index contributed by atoms with van der Waals surface area (Å²) in [6.07, 6.45) is -0.720. The summed E-state index contributed by atoms with van der Waals surface area (Å²) >= 11 is 0. The van der Waals surface area contributed by atoms with Crippen LogP contribution in [0.3, 0.4) is 0 Å². The van der Waals surface area contributed by atoms with Gasteiger partial charge in [-0.25, -0.2) is 9.78 Å². The number of anilines is 1. The topological polar surface area (TPSA) is 113 Å². The SMILES string of the molecule is CNC(=O)c1ccc(-c2ccc(C(=O)O)cc2)cc1.FC(F)(F)c1cncc(NC2CCCOC2)n1. The molecule has 190 valence electrons. The molecular formula is C25H25F3N4O4. The zero-order valence-electron chi connectivity index (χ0n) is 19.4. The van der Waals surface area contributed by atoms with Crippen LogP contribution in [0.25, 0.3) is 11.1 Å². The maximum absolute atomic E-state index is 12.4. The molecule has 1 aromatic heterocycles. The van der Waals surface area contributed by atoms with Crippen molar-refractivity contribution in [3.63, 3.8) is 0 Å². The number of nitrogens with zero attached hydrogens (tertiary/aromatic N) is 2. The highest BCUT2D eigenvalue weighted by Gasteiger charge is 2.33. The Morgan fingerprint density at radius 2 is 1.61 bits per heavy atom. The van der Waals surface area contributed by atoms with Crippen LogP contribution in [0.2, 0.25) is 0 Å². The summed E-state index contributed by atoms with van der Waals surface area (Å²) in [5.41, 5.74) is 1.71. The second kappa shape index (κ2) is 12.1. The van der Waals surface area contributed by atoms with Crippen molar-refractivity contribution in [2.75, 3.05) is 25.6 Å². The molecule has 36 heavy (non-hydrogen) atoms. The predicted molar refractivity (Wildman–Crippen MR) is 127 cm³/mol. The third-order valence-corrected chi connectivity index (χ3v) is 5.28. The van der Waals surface area contributed by atoms with Gasteiger partial charge in [-0.3, -0.25) is 9.78 Å². The summed E-state index contributed by atoms with van der Waals surface area (Å²) in [7, 11) is 1.58. The van der Waals surface area contributed by atoms with E-state index in [9.17, 15) is 22.8 Å². The fraction of sp³-hybridized carbons (Fsp3) is 0.280. The molecule has 4 rings (SSSR count). The van der Waals surface area contributed by atoms with E-state index in [0.717, 1.165) is 24.0 Å². The fourth-order valence-electron chi connectivity index (χ4n) is 3.40. The van der Waals surface area contributed by atoms with Gasteiger partial charge in [0.25, 0.3) is 5.91 Å². The summed E-state index contributed by atoms with van der Waals surface area (Å²) in [5.74, 6) is -0.940. The van der Waals surface area contributed by atoms with Gasteiger partial charge in [0.2, 0.25) is 0 Å². The number of halogens is 3. The standard InChI is InChI=1S/C15H13NO3.C10H12F3N3O/c1-16-14(17)12-6-2-10(3-7-12)11-4-8-13(9-5-11)15(18)19;11-10(12,13)8-4-14-5-9(16-8)15-7-2-1-3-17-6-7/h2-9H,1H3,(H,16,17)(H,18,19);4-5,7H,1-3,6H2,(H,15,16). The first-order chi connectivity index (χ1) is 17.2. The average molecular weight is 502 g/mol. The van der Waals surface area contributed by atoms with Gasteiger partial charge in [-0.1, -0.05) is 24.3 Å². The van der Waals surface area contributed by atoms with Gasteiger partial charge in [0.1, 0.15) is 5.82 Å². The van der Waals surface area contributed by atoms with E-state index in [-0.39, 0.29) is 23.3 Å². The second-order valence-electron chi connectivity index (χ2n) is 7.88. The molecule has 1 atom stereocenters. The highest BCUT2D eigenvalue weighted by atomic mass is 19.4. The smallest absolute Gasteiger partial charge is 0.434 e. The van der Waals surface area contributed by atoms with Crippen LogP contribution < -0.4 is 10.6 Å². The largest absolute Gasteiger partial charge is 0.478 e. The molecule has 0 saturated carbocycles. The molecule has 3 N–H and O–H groups in total. The lowest BCUT2D eigenvalue weighted by atomic mass is 10.0. The number of rotatable bonds is 5. The van der Waals surface area contributed by atoms with Gasteiger partial charge < -0.3 is 20.5 Å². The normalized spacial score (nSPS) is 15.3. The molecule has 0 spiro atoms. The highest BCUT2D eigenvalue weighted by Crippen LogP contribution is 2.27. The van der Waals surface area contributed by atoms with Crippen molar-refractivity contribution in [3.8, 4) is 11.1 Å². The van der Waals surface area contributed by atoms with Crippen LogP contribution in [0.1, 0.15) is 39.3 Å². The lowest BCUT2D eigenvalue weighted by Gasteiger charge is -2.23. The number of benzene rings is 2. The number of hydrogen-bond acceptors (Lipinski definition) is 6. The molecule has 0 aliphatic carbocycles. The summed E-state index contributed by atoms with van der Waals surface area (Å²) in [6.45, 7) is 1.18. The van der Waals surface area contributed by atoms with Crippen molar-refractivity contribution in [3.05, 3.63) is 77.7 Å². The number of carboxylic acids is 1. The lowest BCUT2D eigenvalue weighted by Crippen LogP contribution is -2.30. The van der Waals surface area contributed by atoms with E-state index in [1.807, 2.05) is 12.1 Å². The summed E-state index contributed by atoms with van der Waals surface area (Å²) in [6, 6.07) is 13.8. The van der Waals surface area contributed by atoms with Crippen LogP contribution in [0, 0.1) is 0 Å². The van der Waals surface area contributed by atoms with Crippen molar-refractivity contribution in [2.45, 2.75) is 25.1 Å². The highest BCUT2D eigenvalue weighted by molar-refractivity contribution is 5.94. The van der Waals surface area contributed by atoms with Crippen LogP contribution in [0.4, 0.5) is 19.0 Å². The Bertz CT molecular complexity index is 1160. The van der Waals surface area contributed by atoms with Gasteiger partial charge in [0.15, 0.2) is 5.69 Å². The number of nitrogens with one attached hydrogen (secondary N) is 2. The monoisotopic (exact) mass is 502 g/mol.